The van der Waals surface area contributed by atoms with E-state index in [1.54, 1.807) is 29.5 Å². The van der Waals surface area contributed by atoms with Crippen molar-refractivity contribution in [1.82, 2.24) is 15.2 Å². The van der Waals surface area contributed by atoms with E-state index in [4.69, 9.17) is 4.74 Å². The fourth-order valence-electron chi connectivity index (χ4n) is 3.27. The number of thiazole rings is 1. The lowest BCUT2D eigenvalue weighted by atomic mass is 10.1. The van der Waals surface area contributed by atoms with Crippen LogP contribution in [-0.4, -0.2) is 36.6 Å². The molecule has 2 amide bonds. The van der Waals surface area contributed by atoms with Gasteiger partial charge in [0.1, 0.15) is 5.75 Å². The number of ether oxygens (including phenoxy) is 1. The smallest absolute Gasteiger partial charge is 0.317 e. The first kappa shape index (κ1) is 16.8. The third kappa shape index (κ3) is 3.38. The molecule has 6 heteroatoms. The first-order valence-electron chi connectivity index (χ1n) is 8.17. The molecular weight excluding hydrogens is 322 g/mol. The number of rotatable bonds is 5. The molecule has 1 heterocycles. The molecular formula is C18H23N3O2S. The molecule has 3 rings (SSSR count). The summed E-state index contributed by atoms with van der Waals surface area (Å²) in [6.07, 6.45) is 3.65. The standard InChI is InChI=1S/C18H23N3O2S/c1-12(17-19-9-10-24-17)11-21(2)18(22)20-15-8-7-14-13(15)5-4-6-16(14)23-3/h4-6,9-10,12,15H,7-8,11H2,1-3H3,(H,20,22)/t12-,15-/m0/s1. The molecule has 24 heavy (non-hydrogen) atoms. The van der Waals surface area contributed by atoms with E-state index in [0.29, 0.717) is 6.54 Å². The summed E-state index contributed by atoms with van der Waals surface area (Å²) in [7, 11) is 3.52. The number of nitrogens with one attached hydrogen (secondary N) is 1. The van der Waals surface area contributed by atoms with E-state index >= 15 is 0 Å². The van der Waals surface area contributed by atoms with Crippen LogP contribution in [-0.2, 0) is 6.42 Å². The Balaban J connectivity index is 1.62. The van der Waals surface area contributed by atoms with Gasteiger partial charge in [0.25, 0.3) is 0 Å². The molecule has 1 aromatic heterocycles. The van der Waals surface area contributed by atoms with E-state index in [2.05, 4.69) is 23.3 Å². The normalized spacial score (nSPS) is 17.2. The molecule has 128 valence electrons. The molecule has 0 aliphatic heterocycles. The number of aromatic nitrogens is 1. The Hall–Kier alpha value is -2.08. The maximum atomic E-state index is 12.5. The number of methoxy groups -OCH3 is 1. The predicted octanol–water partition coefficient (Wildman–Crippen LogP) is 3.58. The van der Waals surface area contributed by atoms with Gasteiger partial charge in [0.2, 0.25) is 0 Å². The van der Waals surface area contributed by atoms with Crippen molar-refractivity contribution in [3.05, 3.63) is 45.9 Å². The van der Waals surface area contributed by atoms with Gasteiger partial charge in [-0.15, -0.1) is 11.3 Å². The Labute approximate surface area is 146 Å². The van der Waals surface area contributed by atoms with Crippen LogP contribution in [0.25, 0.3) is 0 Å². The molecule has 0 spiro atoms. The molecule has 0 saturated carbocycles. The van der Waals surface area contributed by atoms with Gasteiger partial charge in [0.15, 0.2) is 0 Å². The Kier molecular flexibility index (Phi) is 5.04. The predicted molar refractivity (Wildman–Crippen MR) is 95.7 cm³/mol. The van der Waals surface area contributed by atoms with Gasteiger partial charge in [-0.25, -0.2) is 9.78 Å². The Morgan fingerprint density at radius 2 is 2.38 bits per heavy atom. The van der Waals surface area contributed by atoms with Crippen LogP contribution < -0.4 is 10.1 Å². The van der Waals surface area contributed by atoms with Gasteiger partial charge in [-0.2, -0.15) is 0 Å². The Morgan fingerprint density at radius 1 is 1.54 bits per heavy atom. The van der Waals surface area contributed by atoms with Crippen LogP contribution in [0.5, 0.6) is 5.75 Å². The summed E-state index contributed by atoms with van der Waals surface area (Å²) in [5, 5.41) is 6.18. The number of nitrogens with zero attached hydrogens (tertiary/aromatic N) is 2. The average molecular weight is 345 g/mol. The van der Waals surface area contributed by atoms with Crippen LogP contribution in [0.3, 0.4) is 0 Å². The summed E-state index contributed by atoms with van der Waals surface area (Å²) in [6.45, 7) is 2.75. The van der Waals surface area contributed by atoms with Crippen molar-refractivity contribution in [2.24, 2.45) is 0 Å². The fraction of sp³-hybridized carbons (Fsp3) is 0.444. The number of amides is 2. The zero-order valence-corrected chi connectivity index (χ0v) is 15.1. The highest BCUT2D eigenvalue weighted by molar-refractivity contribution is 7.09. The molecule has 2 aromatic rings. The van der Waals surface area contributed by atoms with E-state index in [1.165, 1.54) is 11.1 Å². The minimum Gasteiger partial charge on any atom is -0.496 e. The molecule has 2 atom stereocenters. The first-order valence-corrected chi connectivity index (χ1v) is 9.05. The number of benzene rings is 1. The quantitative estimate of drug-likeness (QED) is 0.901. The van der Waals surface area contributed by atoms with Crippen molar-refractivity contribution < 1.29 is 9.53 Å². The maximum Gasteiger partial charge on any atom is 0.317 e. The molecule has 0 saturated heterocycles. The summed E-state index contributed by atoms with van der Waals surface area (Å²) >= 11 is 1.63. The van der Waals surface area contributed by atoms with Crippen molar-refractivity contribution in [3.8, 4) is 5.75 Å². The van der Waals surface area contributed by atoms with Gasteiger partial charge in [0.05, 0.1) is 18.2 Å². The van der Waals surface area contributed by atoms with Crippen LogP contribution in [0, 0.1) is 0 Å². The van der Waals surface area contributed by atoms with Gasteiger partial charge in [-0.3, -0.25) is 0 Å². The van der Waals surface area contributed by atoms with Gasteiger partial charge < -0.3 is 15.0 Å². The average Bonchev–Trinajstić information content (AvgIpc) is 3.24. The molecule has 5 nitrogen and oxygen atoms in total. The lowest BCUT2D eigenvalue weighted by Gasteiger charge is -2.23. The van der Waals surface area contributed by atoms with E-state index in [0.717, 1.165) is 23.6 Å². The van der Waals surface area contributed by atoms with Gasteiger partial charge in [-0.05, 0) is 30.0 Å². The number of carbonyl (C=O) groups excluding carboxylic acids is 1. The SMILES string of the molecule is COc1cccc2c1CC[C@@H]2NC(=O)N(C)C[C@H](C)c1nccs1. The number of likely N-dealkylation sites (N-methyl/N-ethyl adjacent to an activating group) is 1. The third-order valence-electron chi connectivity index (χ3n) is 4.51. The fourth-order valence-corrected chi connectivity index (χ4v) is 3.96. The highest BCUT2D eigenvalue weighted by Crippen LogP contribution is 2.36. The van der Waals surface area contributed by atoms with E-state index < -0.39 is 0 Å². The molecule has 1 N–H and O–H groups in total. The highest BCUT2D eigenvalue weighted by atomic mass is 32.1. The summed E-state index contributed by atoms with van der Waals surface area (Å²) < 4.78 is 5.42. The van der Waals surface area contributed by atoms with E-state index in [1.807, 2.05) is 24.6 Å². The van der Waals surface area contributed by atoms with E-state index in [9.17, 15) is 4.79 Å². The van der Waals surface area contributed by atoms with Crippen LogP contribution >= 0.6 is 11.3 Å². The molecule has 0 unspecified atom stereocenters. The number of hydrogen-bond donors (Lipinski definition) is 1. The van der Waals surface area contributed by atoms with E-state index in [-0.39, 0.29) is 18.0 Å². The van der Waals surface area contributed by atoms with Crippen LogP contribution in [0.2, 0.25) is 0 Å². The number of fused-ring (bicyclic) bond motifs is 1. The largest absolute Gasteiger partial charge is 0.496 e. The van der Waals surface area contributed by atoms with Crippen LogP contribution in [0.4, 0.5) is 4.79 Å². The molecule has 1 aliphatic rings. The van der Waals surface area contributed by atoms with Crippen molar-refractivity contribution in [1.29, 1.82) is 0 Å². The van der Waals surface area contributed by atoms with Gasteiger partial charge >= 0.3 is 6.03 Å². The topological polar surface area (TPSA) is 54.5 Å². The molecule has 1 aliphatic carbocycles. The van der Waals surface area contributed by atoms with Crippen molar-refractivity contribution in [3.63, 3.8) is 0 Å². The number of carbonyl (C=O) groups is 1. The minimum absolute atomic E-state index is 0.0425. The highest BCUT2D eigenvalue weighted by Gasteiger charge is 2.27. The second-order valence-electron chi connectivity index (χ2n) is 6.22. The summed E-state index contributed by atoms with van der Waals surface area (Å²) in [4.78, 5) is 18.6. The molecule has 1 aromatic carbocycles. The monoisotopic (exact) mass is 345 g/mol. The summed E-state index contributed by atoms with van der Waals surface area (Å²) in [5.74, 6) is 1.15. The number of urea groups is 1. The van der Waals surface area contributed by atoms with Gasteiger partial charge in [0, 0.05) is 31.1 Å². The Bertz CT molecular complexity index is 702. The van der Waals surface area contributed by atoms with Gasteiger partial charge in [-0.1, -0.05) is 19.1 Å². The molecule has 0 fully saturated rings. The van der Waals surface area contributed by atoms with Crippen LogP contribution in [0.1, 0.15) is 41.4 Å². The van der Waals surface area contributed by atoms with Crippen molar-refractivity contribution in [2.45, 2.75) is 31.7 Å². The Morgan fingerprint density at radius 3 is 3.08 bits per heavy atom. The third-order valence-corrected chi connectivity index (χ3v) is 5.52. The maximum absolute atomic E-state index is 12.5. The van der Waals surface area contributed by atoms with Crippen LogP contribution in [0.15, 0.2) is 29.8 Å². The minimum atomic E-state index is -0.0425. The number of hydrogen-bond acceptors (Lipinski definition) is 4. The summed E-state index contributed by atoms with van der Waals surface area (Å²) in [6, 6.07) is 6.05. The molecule has 0 radical (unpaired) electrons. The van der Waals surface area contributed by atoms with Crippen molar-refractivity contribution >= 4 is 17.4 Å². The molecule has 0 bridgehead atoms. The lowest BCUT2D eigenvalue weighted by Crippen LogP contribution is -2.40. The first-order chi connectivity index (χ1) is 11.6. The second-order valence-corrected chi connectivity index (χ2v) is 7.15. The second kappa shape index (κ2) is 7.21. The van der Waals surface area contributed by atoms with Crippen molar-refractivity contribution in [2.75, 3.05) is 20.7 Å². The lowest BCUT2D eigenvalue weighted by molar-refractivity contribution is 0.202. The zero-order chi connectivity index (χ0) is 17.1. The zero-order valence-electron chi connectivity index (χ0n) is 14.3. The summed E-state index contributed by atoms with van der Waals surface area (Å²) in [5.41, 5.74) is 2.38.